The van der Waals surface area contributed by atoms with Gasteiger partial charge in [-0.05, 0) is 42.8 Å². The lowest BCUT2D eigenvalue weighted by molar-refractivity contribution is -0.384. The quantitative estimate of drug-likeness (QED) is 0.386. The fourth-order valence-electron chi connectivity index (χ4n) is 2.96. The number of ether oxygens (including phenoxy) is 1. The van der Waals surface area contributed by atoms with Gasteiger partial charge in [0.1, 0.15) is 11.5 Å². The predicted molar refractivity (Wildman–Crippen MR) is 120 cm³/mol. The van der Waals surface area contributed by atoms with E-state index in [9.17, 15) is 23.3 Å². The third-order valence-corrected chi connectivity index (χ3v) is 5.03. The van der Waals surface area contributed by atoms with Gasteiger partial charge < -0.3 is 10.1 Å². The van der Waals surface area contributed by atoms with Crippen LogP contribution in [0.5, 0.6) is 11.5 Å². The number of hydrogen-bond acceptors (Lipinski definition) is 6. The van der Waals surface area contributed by atoms with Gasteiger partial charge in [0, 0.05) is 17.8 Å². The number of hydrogen-bond donors (Lipinski definition) is 2. The third kappa shape index (κ3) is 6.05. The van der Waals surface area contributed by atoms with E-state index in [0.29, 0.717) is 17.0 Å². The molecule has 9 nitrogen and oxygen atoms in total. The van der Waals surface area contributed by atoms with Gasteiger partial charge in [-0.1, -0.05) is 30.3 Å². The van der Waals surface area contributed by atoms with Crippen molar-refractivity contribution in [1.29, 1.82) is 0 Å². The first-order valence-corrected chi connectivity index (χ1v) is 11.4. The molecule has 32 heavy (non-hydrogen) atoms. The highest BCUT2D eigenvalue weighted by Gasteiger charge is 2.20. The normalized spacial score (nSPS) is 11.9. The molecule has 0 fully saturated rings. The predicted octanol–water partition coefficient (Wildman–Crippen LogP) is 4.25. The number of carbonyl (C=O) groups excluding carboxylic acids is 1. The highest BCUT2D eigenvalue weighted by molar-refractivity contribution is 7.92. The van der Waals surface area contributed by atoms with Crippen molar-refractivity contribution in [2.45, 2.75) is 13.0 Å². The Morgan fingerprint density at radius 2 is 1.75 bits per heavy atom. The number of nitro groups is 1. The van der Waals surface area contributed by atoms with Crippen LogP contribution < -0.4 is 14.8 Å². The van der Waals surface area contributed by atoms with Crippen molar-refractivity contribution in [1.82, 2.24) is 5.32 Å². The van der Waals surface area contributed by atoms with E-state index in [1.165, 1.54) is 12.1 Å². The van der Waals surface area contributed by atoms with Gasteiger partial charge in [-0.2, -0.15) is 0 Å². The molecule has 1 unspecified atom stereocenters. The van der Waals surface area contributed by atoms with Gasteiger partial charge in [-0.25, -0.2) is 8.42 Å². The SMILES string of the molecule is CC(NC(=O)c1cc([N+](=O)[O-])ccc1Oc1ccccc1)c1cccc(NS(C)(=O)=O)c1. The summed E-state index contributed by atoms with van der Waals surface area (Å²) in [7, 11) is -3.45. The number of sulfonamides is 1. The molecule has 3 aromatic rings. The van der Waals surface area contributed by atoms with Gasteiger partial charge in [0.2, 0.25) is 10.0 Å². The average molecular weight is 455 g/mol. The molecule has 0 saturated carbocycles. The Balaban J connectivity index is 1.86. The zero-order valence-electron chi connectivity index (χ0n) is 17.3. The van der Waals surface area contributed by atoms with Gasteiger partial charge in [-0.3, -0.25) is 19.6 Å². The van der Waals surface area contributed by atoms with Crippen molar-refractivity contribution in [2.24, 2.45) is 0 Å². The molecule has 0 bridgehead atoms. The first-order chi connectivity index (χ1) is 15.1. The molecule has 3 aromatic carbocycles. The Labute approximate surface area is 185 Å². The second kappa shape index (κ2) is 9.48. The summed E-state index contributed by atoms with van der Waals surface area (Å²) in [6.45, 7) is 1.71. The summed E-state index contributed by atoms with van der Waals surface area (Å²) in [6, 6.07) is 18.6. The van der Waals surface area contributed by atoms with E-state index >= 15 is 0 Å². The van der Waals surface area contributed by atoms with Crippen LogP contribution in [0.25, 0.3) is 0 Å². The summed E-state index contributed by atoms with van der Waals surface area (Å²) >= 11 is 0. The number of non-ortho nitro benzene ring substituents is 1. The Kier molecular flexibility index (Phi) is 6.74. The van der Waals surface area contributed by atoms with E-state index in [-0.39, 0.29) is 17.0 Å². The maximum absolute atomic E-state index is 13.0. The van der Waals surface area contributed by atoms with Gasteiger partial charge >= 0.3 is 0 Å². The number of nitrogens with zero attached hydrogens (tertiary/aromatic N) is 1. The number of benzene rings is 3. The Morgan fingerprint density at radius 1 is 1.03 bits per heavy atom. The summed E-state index contributed by atoms with van der Waals surface area (Å²) in [5.41, 5.74) is 0.750. The van der Waals surface area contributed by atoms with Gasteiger partial charge in [-0.15, -0.1) is 0 Å². The van der Waals surface area contributed by atoms with E-state index in [4.69, 9.17) is 4.74 Å². The fraction of sp³-hybridized carbons (Fsp3) is 0.136. The topological polar surface area (TPSA) is 128 Å². The molecule has 0 aromatic heterocycles. The summed E-state index contributed by atoms with van der Waals surface area (Å²) in [6.07, 6.45) is 1.04. The lowest BCUT2D eigenvalue weighted by atomic mass is 10.1. The zero-order chi connectivity index (χ0) is 23.3. The van der Waals surface area contributed by atoms with Crippen LogP contribution in [0.1, 0.15) is 28.9 Å². The van der Waals surface area contributed by atoms with Crippen LogP contribution in [-0.4, -0.2) is 25.5 Å². The summed E-state index contributed by atoms with van der Waals surface area (Å²) in [5, 5.41) is 14.0. The van der Waals surface area contributed by atoms with Gasteiger partial charge in [0.05, 0.1) is 22.8 Å². The number of carbonyl (C=O) groups is 1. The Morgan fingerprint density at radius 3 is 2.41 bits per heavy atom. The fourth-order valence-corrected chi connectivity index (χ4v) is 3.51. The van der Waals surface area contributed by atoms with Crippen LogP contribution in [0.2, 0.25) is 0 Å². The van der Waals surface area contributed by atoms with Crippen molar-refractivity contribution < 1.29 is 22.9 Å². The zero-order valence-corrected chi connectivity index (χ0v) is 18.1. The minimum atomic E-state index is -3.45. The van der Waals surface area contributed by atoms with Crippen LogP contribution in [0, 0.1) is 10.1 Å². The van der Waals surface area contributed by atoms with E-state index in [0.717, 1.165) is 12.3 Å². The second-order valence-corrected chi connectivity index (χ2v) is 8.80. The number of para-hydroxylation sites is 1. The first-order valence-electron chi connectivity index (χ1n) is 9.52. The molecule has 166 valence electrons. The van der Waals surface area contributed by atoms with E-state index in [2.05, 4.69) is 10.0 Å². The minimum absolute atomic E-state index is 0.000295. The van der Waals surface area contributed by atoms with Crippen LogP contribution in [0.3, 0.4) is 0 Å². The lowest BCUT2D eigenvalue weighted by Gasteiger charge is -2.17. The van der Waals surface area contributed by atoms with Gasteiger partial charge in [0.15, 0.2) is 0 Å². The molecule has 2 N–H and O–H groups in total. The molecular formula is C22H21N3O6S. The molecule has 1 amide bonds. The highest BCUT2D eigenvalue weighted by atomic mass is 32.2. The molecule has 0 radical (unpaired) electrons. The highest BCUT2D eigenvalue weighted by Crippen LogP contribution is 2.29. The largest absolute Gasteiger partial charge is 0.457 e. The van der Waals surface area contributed by atoms with E-state index in [1.54, 1.807) is 55.5 Å². The molecular weight excluding hydrogens is 434 g/mol. The van der Waals surface area contributed by atoms with Crippen molar-refractivity contribution in [3.05, 3.63) is 94.0 Å². The number of amides is 1. The van der Waals surface area contributed by atoms with Crippen LogP contribution in [-0.2, 0) is 10.0 Å². The summed E-state index contributed by atoms with van der Waals surface area (Å²) in [5.74, 6) is 0.0654. The van der Waals surface area contributed by atoms with Crippen molar-refractivity contribution in [3.63, 3.8) is 0 Å². The number of anilines is 1. The van der Waals surface area contributed by atoms with E-state index in [1.807, 2.05) is 6.07 Å². The molecule has 3 rings (SSSR count). The molecule has 10 heteroatoms. The minimum Gasteiger partial charge on any atom is -0.457 e. The van der Waals surface area contributed by atoms with Crippen LogP contribution in [0.4, 0.5) is 11.4 Å². The molecule has 1 atom stereocenters. The number of nitrogens with one attached hydrogen (secondary N) is 2. The van der Waals surface area contributed by atoms with Crippen molar-refractivity contribution in [2.75, 3.05) is 11.0 Å². The molecule has 0 aliphatic heterocycles. The Bertz CT molecular complexity index is 1250. The molecule has 0 spiro atoms. The molecule has 0 heterocycles. The standard InChI is InChI=1S/C22H21N3O6S/c1-15(16-7-6-8-17(13-16)24-32(2,29)30)23-22(26)20-14-18(25(27)28)11-12-21(20)31-19-9-4-3-5-10-19/h3-15,24H,1-2H3,(H,23,26). The van der Waals surface area contributed by atoms with Gasteiger partial charge in [0.25, 0.3) is 11.6 Å². The Hall–Kier alpha value is -3.92. The maximum atomic E-state index is 13.0. The summed E-state index contributed by atoms with van der Waals surface area (Å²) < 4.78 is 31.1. The average Bonchev–Trinajstić information content (AvgIpc) is 2.73. The second-order valence-electron chi connectivity index (χ2n) is 7.05. The first kappa shape index (κ1) is 22.8. The monoisotopic (exact) mass is 455 g/mol. The molecule has 0 aliphatic carbocycles. The summed E-state index contributed by atoms with van der Waals surface area (Å²) in [4.78, 5) is 23.6. The van der Waals surface area contributed by atoms with Crippen molar-refractivity contribution in [3.8, 4) is 11.5 Å². The maximum Gasteiger partial charge on any atom is 0.270 e. The lowest BCUT2D eigenvalue weighted by Crippen LogP contribution is -2.27. The molecule has 0 aliphatic rings. The molecule has 0 saturated heterocycles. The number of nitro benzene ring substituents is 1. The van der Waals surface area contributed by atoms with Crippen LogP contribution >= 0.6 is 0 Å². The van der Waals surface area contributed by atoms with Crippen LogP contribution in [0.15, 0.2) is 72.8 Å². The van der Waals surface area contributed by atoms with Crippen molar-refractivity contribution >= 4 is 27.3 Å². The number of rotatable bonds is 8. The smallest absolute Gasteiger partial charge is 0.270 e. The third-order valence-electron chi connectivity index (χ3n) is 4.43. The van der Waals surface area contributed by atoms with E-state index < -0.39 is 26.9 Å².